The first kappa shape index (κ1) is 13.3. The fraction of sp³-hybridized carbons (Fsp3) is 0.188. The zero-order chi connectivity index (χ0) is 13.7. The summed E-state index contributed by atoms with van der Waals surface area (Å²) in [6.45, 7) is 1.99. The third-order valence-electron chi connectivity index (χ3n) is 2.87. The molecule has 0 aliphatic carbocycles. The average molecular weight is 256 g/mol. The molecule has 0 aliphatic rings. The monoisotopic (exact) mass is 256 g/mol. The minimum absolute atomic E-state index is 0.0643. The van der Waals surface area contributed by atoms with Gasteiger partial charge in [0.1, 0.15) is 11.5 Å². The Bertz CT molecular complexity index is 576. The maximum atomic E-state index is 11.1. The Morgan fingerprint density at radius 1 is 1.16 bits per heavy atom. The van der Waals surface area contributed by atoms with Gasteiger partial charge in [-0.2, -0.15) is 0 Å². The quantitative estimate of drug-likeness (QED) is 0.836. The largest absolute Gasteiger partial charge is 0.456 e. The van der Waals surface area contributed by atoms with E-state index in [4.69, 9.17) is 9.84 Å². The van der Waals surface area contributed by atoms with Crippen molar-refractivity contribution >= 4 is 6.29 Å². The molecule has 2 aromatic rings. The lowest BCUT2D eigenvalue weighted by Crippen LogP contribution is -1.97. The summed E-state index contributed by atoms with van der Waals surface area (Å²) < 4.78 is 5.80. The Hall–Kier alpha value is -2.13. The van der Waals surface area contributed by atoms with Crippen LogP contribution in [-0.4, -0.2) is 18.0 Å². The van der Waals surface area contributed by atoms with E-state index in [1.54, 1.807) is 12.1 Å². The predicted octanol–water partition coefficient (Wildman–Crippen LogP) is 3.13. The van der Waals surface area contributed by atoms with Crippen LogP contribution in [0.5, 0.6) is 11.5 Å². The summed E-state index contributed by atoms with van der Waals surface area (Å²) in [4.78, 5) is 11.1. The molecule has 98 valence electrons. The predicted molar refractivity (Wildman–Crippen MR) is 73.9 cm³/mol. The number of aryl methyl sites for hydroxylation is 1. The standard InChI is InChI=1S/C16H16O3/c1-12-6-7-16(14(10-12)11-18)19-15-5-3-2-4-13(15)8-9-17/h2-7,10-11,17H,8-9H2,1H3. The number of benzene rings is 2. The molecular formula is C16H16O3. The van der Waals surface area contributed by atoms with E-state index in [-0.39, 0.29) is 6.61 Å². The van der Waals surface area contributed by atoms with Crippen LogP contribution < -0.4 is 4.74 Å². The molecule has 0 heterocycles. The van der Waals surface area contributed by atoms with Crippen molar-refractivity contribution in [3.8, 4) is 11.5 Å². The highest BCUT2D eigenvalue weighted by atomic mass is 16.5. The number of ether oxygens (including phenoxy) is 1. The number of carbonyl (C=O) groups is 1. The van der Waals surface area contributed by atoms with Crippen LogP contribution in [0.1, 0.15) is 21.5 Å². The van der Waals surface area contributed by atoms with E-state index >= 15 is 0 Å². The molecule has 0 unspecified atom stereocenters. The summed E-state index contributed by atoms with van der Waals surface area (Å²) in [5.74, 6) is 1.20. The smallest absolute Gasteiger partial charge is 0.153 e. The number of hydrogen-bond acceptors (Lipinski definition) is 3. The summed E-state index contributed by atoms with van der Waals surface area (Å²) in [5, 5.41) is 9.04. The van der Waals surface area contributed by atoms with E-state index in [1.807, 2.05) is 37.3 Å². The van der Waals surface area contributed by atoms with Gasteiger partial charge in [0.15, 0.2) is 6.29 Å². The lowest BCUT2D eigenvalue weighted by molar-refractivity contribution is 0.112. The Balaban J connectivity index is 2.33. The number of para-hydroxylation sites is 1. The molecule has 0 amide bonds. The molecule has 0 radical (unpaired) electrons. The number of aliphatic hydroxyl groups excluding tert-OH is 1. The molecule has 1 N–H and O–H groups in total. The second-order valence-electron chi connectivity index (χ2n) is 4.34. The zero-order valence-corrected chi connectivity index (χ0v) is 10.8. The van der Waals surface area contributed by atoms with Gasteiger partial charge in [-0.3, -0.25) is 4.79 Å². The van der Waals surface area contributed by atoms with Crippen molar-refractivity contribution in [2.75, 3.05) is 6.61 Å². The Morgan fingerprint density at radius 2 is 1.95 bits per heavy atom. The maximum Gasteiger partial charge on any atom is 0.153 e. The molecule has 3 nitrogen and oxygen atoms in total. The lowest BCUT2D eigenvalue weighted by atomic mass is 10.1. The molecule has 0 bridgehead atoms. The third kappa shape index (κ3) is 3.20. The van der Waals surface area contributed by atoms with Crippen LogP contribution in [-0.2, 0) is 6.42 Å². The van der Waals surface area contributed by atoms with Crippen molar-refractivity contribution in [2.24, 2.45) is 0 Å². The summed E-state index contributed by atoms with van der Waals surface area (Å²) in [6, 6.07) is 13.0. The van der Waals surface area contributed by atoms with Gasteiger partial charge >= 0.3 is 0 Å². The van der Waals surface area contributed by atoms with Crippen molar-refractivity contribution in [3.63, 3.8) is 0 Å². The molecule has 0 spiro atoms. The van der Waals surface area contributed by atoms with Crippen LogP contribution in [0.4, 0.5) is 0 Å². The molecule has 0 aromatic heterocycles. The average Bonchev–Trinajstić information content (AvgIpc) is 2.43. The van der Waals surface area contributed by atoms with E-state index < -0.39 is 0 Å². The van der Waals surface area contributed by atoms with Gasteiger partial charge in [-0.25, -0.2) is 0 Å². The van der Waals surface area contributed by atoms with Crippen molar-refractivity contribution in [1.29, 1.82) is 0 Å². The van der Waals surface area contributed by atoms with Crippen LogP contribution in [0.25, 0.3) is 0 Å². The highest BCUT2D eigenvalue weighted by Crippen LogP contribution is 2.28. The topological polar surface area (TPSA) is 46.5 Å². The summed E-state index contributed by atoms with van der Waals surface area (Å²) in [7, 11) is 0. The molecule has 0 aliphatic heterocycles. The van der Waals surface area contributed by atoms with Crippen molar-refractivity contribution in [2.45, 2.75) is 13.3 Å². The second-order valence-corrected chi connectivity index (χ2v) is 4.34. The fourth-order valence-corrected chi connectivity index (χ4v) is 1.90. The molecule has 2 rings (SSSR count). The summed E-state index contributed by atoms with van der Waals surface area (Å²) >= 11 is 0. The van der Waals surface area contributed by atoms with Crippen LogP contribution in [0, 0.1) is 6.92 Å². The third-order valence-corrected chi connectivity index (χ3v) is 2.87. The number of aldehydes is 1. The van der Waals surface area contributed by atoms with Crippen molar-refractivity contribution in [3.05, 3.63) is 59.2 Å². The lowest BCUT2D eigenvalue weighted by Gasteiger charge is -2.12. The highest BCUT2D eigenvalue weighted by molar-refractivity contribution is 5.79. The van der Waals surface area contributed by atoms with Crippen molar-refractivity contribution in [1.82, 2.24) is 0 Å². The molecular weight excluding hydrogens is 240 g/mol. The Morgan fingerprint density at radius 3 is 2.68 bits per heavy atom. The van der Waals surface area contributed by atoms with Gasteiger partial charge < -0.3 is 9.84 Å². The normalized spacial score (nSPS) is 10.2. The van der Waals surface area contributed by atoms with E-state index in [0.717, 1.165) is 17.4 Å². The van der Waals surface area contributed by atoms with Crippen LogP contribution in [0.2, 0.25) is 0 Å². The number of carbonyl (C=O) groups excluding carboxylic acids is 1. The highest BCUT2D eigenvalue weighted by Gasteiger charge is 2.08. The zero-order valence-electron chi connectivity index (χ0n) is 10.8. The number of rotatable bonds is 5. The first-order valence-electron chi connectivity index (χ1n) is 6.17. The molecule has 0 saturated carbocycles. The van der Waals surface area contributed by atoms with Gasteiger partial charge in [0.2, 0.25) is 0 Å². The van der Waals surface area contributed by atoms with Gasteiger partial charge in [0, 0.05) is 6.61 Å². The molecule has 0 fully saturated rings. The van der Waals surface area contributed by atoms with Crippen LogP contribution in [0.15, 0.2) is 42.5 Å². The molecule has 0 saturated heterocycles. The molecule has 3 heteroatoms. The minimum atomic E-state index is 0.0643. The van der Waals surface area contributed by atoms with E-state index in [0.29, 0.717) is 23.5 Å². The first-order valence-corrected chi connectivity index (χ1v) is 6.17. The Labute approximate surface area is 112 Å². The fourth-order valence-electron chi connectivity index (χ4n) is 1.90. The molecule has 0 atom stereocenters. The van der Waals surface area contributed by atoms with Gasteiger partial charge in [0.05, 0.1) is 5.56 Å². The van der Waals surface area contributed by atoms with Gasteiger partial charge in [-0.05, 0) is 37.1 Å². The van der Waals surface area contributed by atoms with Crippen molar-refractivity contribution < 1.29 is 14.6 Å². The molecule has 2 aromatic carbocycles. The van der Waals surface area contributed by atoms with Gasteiger partial charge in [-0.15, -0.1) is 0 Å². The van der Waals surface area contributed by atoms with Crippen LogP contribution >= 0.6 is 0 Å². The van der Waals surface area contributed by atoms with Crippen LogP contribution in [0.3, 0.4) is 0 Å². The Kier molecular flexibility index (Phi) is 4.31. The second kappa shape index (κ2) is 6.16. The minimum Gasteiger partial charge on any atom is -0.456 e. The number of hydrogen-bond donors (Lipinski definition) is 1. The summed E-state index contributed by atoms with van der Waals surface area (Å²) in [6.07, 6.45) is 1.31. The molecule has 19 heavy (non-hydrogen) atoms. The van der Waals surface area contributed by atoms with Gasteiger partial charge in [0.25, 0.3) is 0 Å². The summed E-state index contributed by atoms with van der Waals surface area (Å²) in [5.41, 5.74) is 2.46. The SMILES string of the molecule is Cc1ccc(Oc2ccccc2CCO)c(C=O)c1. The first-order chi connectivity index (χ1) is 9.24. The number of aliphatic hydroxyl groups is 1. The van der Waals surface area contributed by atoms with E-state index in [9.17, 15) is 4.79 Å². The van der Waals surface area contributed by atoms with Gasteiger partial charge in [-0.1, -0.05) is 29.8 Å². The van der Waals surface area contributed by atoms with E-state index in [2.05, 4.69) is 0 Å². The van der Waals surface area contributed by atoms with E-state index in [1.165, 1.54) is 0 Å². The maximum absolute atomic E-state index is 11.1.